The highest BCUT2D eigenvalue weighted by Gasteiger charge is 2.26. The van der Waals surface area contributed by atoms with Gasteiger partial charge in [0.1, 0.15) is 5.75 Å². The molecule has 0 radical (unpaired) electrons. The third-order valence-corrected chi connectivity index (χ3v) is 5.84. The number of para-hydroxylation sites is 1. The minimum absolute atomic E-state index is 0.0400. The summed E-state index contributed by atoms with van der Waals surface area (Å²) in [6, 6.07) is 17.2. The molecule has 4 rings (SSSR count). The molecular weight excluding hydrogens is 462 g/mol. The van der Waals surface area contributed by atoms with Crippen molar-refractivity contribution in [2.24, 2.45) is 0 Å². The lowest BCUT2D eigenvalue weighted by Crippen LogP contribution is -2.44. The minimum atomic E-state index is -0.278. The van der Waals surface area contributed by atoms with Crippen LogP contribution < -0.4 is 10.1 Å². The van der Waals surface area contributed by atoms with Gasteiger partial charge in [-0.1, -0.05) is 51.4 Å². The number of carbonyl (C=O) groups excluding carboxylic acids is 1. The molecule has 7 nitrogen and oxygen atoms in total. The van der Waals surface area contributed by atoms with Crippen LogP contribution >= 0.6 is 15.9 Å². The van der Waals surface area contributed by atoms with Crippen LogP contribution in [-0.4, -0.2) is 55.9 Å². The Balaban J connectivity index is 1.49. The molecule has 1 aliphatic rings. The number of halogens is 1. The molecule has 1 saturated heterocycles. The highest BCUT2D eigenvalue weighted by molar-refractivity contribution is 9.10. The smallest absolute Gasteiger partial charge is 0.273 e. The summed E-state index contributed by atoms with van der Waals surface area (Å²) in [7, 11) is 1.66. The number of morpholine rings is 1. The molecule has 2 heterocycles. The molecule has 3 aromatic rings. The van der Waals surface area contributed by atoms with Gasteiger partial charge in [-0.25, -0.2) is 0 Å². The van der Waals surface area contributed by atoms with E-state index in [1.807, 2.05) is 48.5 Å². The number of nitrogens with zero attached hydrogens (tertiary/aromatic N) is 2. The van der Waals surface area contributed by atoms with Crippen LogP contribution in [-0.2, 0) is 4.74 Å². The summed E-state index contributed by atoms with van der Waals surface area (Å²) in [6.07, 6.45) is 0. The van der Waals surface area contributed by atoms with E-state index in [0.29, 0.717) is 25.5 Å². The highest BCUT2D eigenvalue weighted by atomic mass is 79.9. The van der Waals surface area contributed by atoms with Crippen LogP contribution in [0.2, 0.25) is 0 Å². The van der Waals surface area contributed by atoms with E-state index in [1.165, 1.54) is 0 Å². The number of rotatable bonds is 7. The zero-order valence-corrected chi connectivity index (χ0v) is 18.8. The second kappa shape index (κ2) is 10.1. The van der Waals surface area contributed by atoms with Gasteiger partial charge in [-0.3, -0.25) is 9.69 Å². The number of hydrogen-bond acceptors (Lipinski definition) is 6. The van der Waals surface area contributed by atoms with E-state index in [4.69, 9.17) is 14.0 Å². The monoisotopic (exact) mass is 485 g/mol. The van der Waals surface area contributed by atoms with Crippen molar-refractivity contribution >= 4 is 21.8 Å². The zero-order valence-electron chi connectivity index (χ0n) is 17.2. The van der Waals surface area contributed by atoms with Crippen molar-refractivity contribution in [2.45, 2.75) is 6.04 Å². The molecule has 1 N–H and O–H groups in total. The number of hydrogen-bond donors (Lipinski definition) is 1. The average molecular weight is 486 g/mol. The van der Waals surface area contributed by atoms with Crippen molar-refractivity contribution in [3.05, 3.63) is 70.3 Å². The Labute approximate surface area is 189 Å². The fraction of sp³-hybridized carbons (Fsp3) is 0.304. The van der Waals surface area contributed by atoms with Crippen LogP contribution in [0.3, 0.4) is 0 Å². The first-order chi connectivity index (χ1) is 15.2. The fourth-order valence-electron chi connectivity index (χ4n) is 3.68. The van der Waals surface area contributed by atoms with Crippen molar-refractivity contribution in [1.82, 2.24) is 15.4 Å². The van der Waals surface area contributed by atoms with E-state index < -0.39 is 0 Å². The summed E-state index contributed by atoms with van der Waals surface area (Å²) in [5.41, 5.74) is 2.14. The molecule has 1 aliphatic heterocycles. The van der Waals surface area contributed by atoms with E-state index in [0.717, 1.165) is 34.4 Å². The van der Waals surface area contributed by atoms with E-state index in [9.17, 15) is 4.79 Å². The molecule has 1 fully saturated rings. The largest absolute Gasteiger partial charge is 0.496 e. The summed E-state index contributed by atoms with van der Waals surface area (Å²) in [6.45, 7) is 3.32. The molecule has 0 saturated carbocycles. The number of carbonyl (C=O) groups is 1. The number of ether oxygens (including phenoxy) is 2. The van der Waals surface area contributed by atoms with Crippen LogP contribution in [0.1, 0.15) is 22.1 Å². The van der Waals surface area contributed by atoms with Gasteiger partial charge in [0.05, 0.1) is 26.4 Å². The molecule has 8 heteroatoms. The maximum Gasteiger partial charge on any atom is 0.273 e. The Morgan fingerprint density at radius 3 is 2.68 bits per heavy atom. The molecule has 2 aromatic carbocycles. The van der Waals surface area contributed by atoms with Crippen LogP contribution in [0.15, 0.2) is 63.6 Å². The first-order valence-electron chi connectivity index (χ1n) is 10.1. The van der Waals surface area contributed by atoms with Crippen molar-refractivity contribution in [3.8, 4) is 17.1 Å². The maximum absolute atomic E-state index is 12.8. The van der Waals surface area contributed by atoms with Crippen molar-refractivity contribution in [2.75, 3.05) is 40.0 Å². The first kappa shape index (κ1) is 21.5. The molecule has 1 aromatic heterocycles. The second-order valence-electron chi connectivity index (χ2n) is 7.20. The predicted molar refractivity (Wildman–Crippen MR) is 120 cm³/mol. The van der Waals surface area contributed by atoms with E-state index in [1.54, 1.807) is 13.2 Å². The molecule has 31 heavy (non-hydrogen) atoms. The Kier molecular flexibility index (Phi) is 7.01. The van der Waals surface area contributed by atoms with Gasteiger partial charge in [0.25, 0.3) is 5.91 Å². The molecule has 0 aliphatic carbocycles. The fourth-order valence-corrected chi connectivity index (χ4v) is 3.94. The average Bonchev–Trinajstić information content (AvgIpc) is 3.31. The van der Waals surface area contributed by atoms with Crippen LogP contribution in [0, 0.1) is 0 Å². The third kappa shape index (κ3) is 5.15. The number of benzene rings is 2. The molecule has 0 unspecified atom stereocenters. The molecular formula is C23H24BrN3O4. The lowest BCUT2D eigenvalue weighted by Gasteiger charge is -2.35. The lowest BCUT2D eigenvalue weighted by molar-refractivity contribution is 0.0157. The summed E-state index contributed by atoms with van der Waals surface area (Å²) in [5.74, 6) is 1.07. The van der Waals surface area contributed by atoms with E-state index in [2.05, 4.69) is 31.3 Å². The van der Waals surface area contributed by atoms with Gasteiger partial charge in [0, 0.05) is 41.3 Å². The summed E-state index contributed by atoms with van der Waals surface area (Å²) >= 11 is 3.41. The first-order valence-corrected chi connectivity index (χ1v) is 10.9. The predicted octanol–water partition coefficient (Wildman–Crippen LogP) is 3.92. The Bertz CT molecular complexity index is 1020. The Hall–Kier alpha value is -2.68. The SMILES string of the molecule is COc1ccccc1[C@@H](CNC(=O)c1cc(-c2ccc(Br)cc2)on1)N1CCOCC1. The third-order valence-electron chi connectivity index (χ3n) is 5.31. The molecule has 162 valence electrons. The topological polar surface area (TPSA) is 76.8 Å². The summed E-state index contributed by atoms with van der Waals surface area (Å²) < 4.78 is 17.4. The van der Waals surface area contributed by atoms with Crippen molar-refractivity contribution in [1.29, 1.82) is 0 Å². The number of nitrogens with one attached hydrogen (secondary N) is 1. The lowest BCUT2D eigenvalue weighted by atomic mass is 10.0. The van der Waals surface area contributed by atoms with Gasteiger partial charge in [-0.15, -0.1) is 0 Å². The number of aromatic nitrogens is 1. The van der Waals surface area contributed by atoms with Crippen molar-refractivity contribution in [3.63, 3.8) is 0 Å². The van der Waals surface area contributed by atoms with E-state index >= 15 is 0 Å². The molecule has 0 spiro atoms. The normalized spacial score (nSPS) is 15.4. The minimum Gasteiger partial charge on any atom is -0.496 e. The molecule has 1 amide bonds. The van der Waals surface area contributed by atoms with Crippen LogP contribution in [0.5, 0.6) is 5.75 Å². The standard InChI is InChI=1S/C23H24BrN3O4/c1-29-21-5-3-2-4-18(21)20(27-10-12-30-13-11-27)15-25-23(28)19-14-22(31-26-19)16-6-8-17(24)9-7-16/h2-9,14,20H,10-13,15H2,1H3,(H,25,28)/t20-/m1/s1. The Morgan fingerprint density at radius 2 is 1.94 bits per heavy atom. The highest BCUT2D eigenvalue weighted by Crippen LogP contribution is 2.29. The molecule has 0 bridgehead atoms. The number of amides is 1. The van der Waals surface area contributed by atoms with Gasteiger partial charge < -0.3 is 19.3 Å². The molecule has 1 atom stereocenters. The van der Waals surface area contributed by atoms with Crippen LogP contribution in [0.4, 0.5) is 0 Å². The van der Waals surface area contributed by atoms with Gasteiger partial charge in [-0.05, 0) is 18.2 Å². The van der Waals surface area contributed by atoms with Gasteiger partial charge >= 0.3 is 0 Å². The van der Waals surface area contributed by atoms with E-state index in [-0.39, 0.29) is 17.6 Å². The maximum atomic E-state index is 12.8. The quantitative estimate of drug-likeness (QED) is 0.546. The van der Waals surface area contributed by atoms with Crippen LogP contribution in [0.25, 0.3) is 11.3 Å². The van der Waals surface area contributed by atoms with Gasteiger partial charge in [0.15, 0.2) is 11.5 Å². The zero-order chi connectivity index (χ0) is 21.6. The van der Waals surface area contributed by atoms with Gasteiger partial charge in [-0.2, -0.15) is 0 Å². The summed E-state index contributed by atoms with van der Waals surface area (Å²) in [4.78, 5) is 15.1. The second-order valence-corrected chi connectivity index (χ2v) is 8.12. The number of methoxy groups -OCH3 is 1. The Morgan fingerprint density at radius 1 is 1.19 bits per heavy atom. The van der Waals surface area contributed by atoms with Crippen molar-refractivity contribution < 1.29 is 18.8 Å². The van der Waals surface area contributed by atoms with Gasteiger partial charge in [0.2, 0.25) is 0 Å². The summed E-state index contributed by atoms with van der Waals surface area (Å²) in [5, 5.41) is 6.97.